The first-order chi connectivity index (χ1) is 9.96. The fourth-order valence-electron chi connectivity index (χ4n) is 2.13. The van der Waals surface area contributed by atoms with Gasteiger partial charge in [0, 0.05) is 0 Å². The Morgan fingerprint density at radius 3 is 2.62 bits per heavy atom. The second-order valence-corrected chi connectivity index (χ2v) is 5.59. The van der Waals surface area contributed by atoms with Gasteiger partial charge in [-0.15, -0.1) is 0 Å². The van der Waals surface area contributed by atoms with Gasteiger partial charge in [0.15, 0.2) is 0 Å². The summed E-state index contributed by atoms with van der Waals surface area (Å²) in [5, 5.41) is 23.7. The summed E-state index contributed by atoms with van der Waals surface area (Å²) in [5.41, 5.74) is 1.43. The van der Waals surface area contributed by atoms with Crippen LogP contribution in [0.2, 0.25) is 0 Å². The van der Waals surface area contributed by atoms with Crippen LogP contribution < -0.4 is 10.6 Å². The number of rotatable bonds is 6. The maximum atomic E-state index is 11.9. The van der Waals surface area contributed by atoms with Crippen molar-refractivity contribution >= 4 is 6.03 Å². The van der Waals surface area contributed by atoms with Crippen molar-refractivity contribution < 1.29 is 9.90 Å². The lowest BCUT2D eigenvalue weighted by molar-refractivity contribution is 0.205. The largest absolute Gasteiger partial charge is 0.394 e. The van der Waals surface area contributed by atoms with E-state index in [0.29, 0.717) is 11.5 Å². The number of hydrogen-bond acceptors (Lipinski definition) is 3. The Balaban J connectivity index is 2.59. The Hall–Kier alpha value is -2.06. The van der Waals surface area contributed by atoms with Crippen molar-refractivity contribution in [1.29, 1.82) is 5.26 Å². The highest BCUT2D eigenvalue weighted by molar-refractivity contribution is 5.74. The van der Waals surface area contributed by atoms with Gasteiger partial charge in [-0.1, -0.05) is 26.0 Å². The van der Waals surface area contributed by atoms with Crippen LogP contribution in [0.3, 0.4) is 0 Å². The lowest BCUT2D eigenvalue weighted by atomic mass is 10.0. The van der Waals surface area contributed by atoms with Crippen LogP contribution in [0.1, 0.15) is 44.4 Å². The zero-order valence-electron chi connectivity index (χ0n) is 12.8. The molecule has 2 amide bonds. The summed E-state index contributed by atoms with van der Waals surface area (Å²) in [7, 11) is 0. The van der Waals surface area contributed by atoms with E-state index in [0.717, 1.165) is 12.0 Å². The number of hydrogen-bond donors (Lipinski definition) is 3. The summed E-state index contributed by atoms with van der Waals surface area (Å²) in [5.74, 6) is 0.396. The topological polar surface area (TPSA) is 85.2 Å². The van der Waals surface area contributed by atoms with E-state index in [4.69, 9.17) is 5.26 Å². The predicted molar refractivity (Wildman–Crippen MR) is 81.6 cm³/mol. The van der Waals surface area contributed by atoms with Gasteiger partial charge >= 0.3 is 6.03 Å². The standard InChI is InChI=1S/C16H23N3O2/c1-11(2)7-15(10-20)19-16(21)18-12(3)14-6-4-5-13(8-14)9-17/h4-6,8,11-12,15,20H,7,10H2,1-3H3,(H2,18,19,21)/t12-,15-/m0/s1. The van der Waals surface area contributed by atoms with Crippen LogP contribution in [0.15, 0.2) is 24.3 Å². The molecule has 0 fully saturated rings. The molecule has 0 bridgehead atoms. The minimum absolute atomic E-state index is 0.0795. The van der Waals surface area contributed by atoms with E-state index in [1.807, 2.05) is 26.8 Å². The average molecular weight is 289 g/mol. The first-order valence-corrected chi connectivity index (χ1v) is 7.14. The van der Waals surface area contributed by atoms with Crippen molar-refractivity contribution in [2.24, 2.45) is 5.92 Å². The molecular formula is C16H23N3O2. The maximum Gasteiger partial charge on any atom is 0.315 e. The SMILES string of the molecule is CC(C)C[C@@H](CO)NC(=O)N[C@@H](C)c1cccc(C#N)c1. The van der Waals surface area contributed by atoms with Crippen molar-refractivity contribution in [3.63, 3.8) is 0 Å². The van der Waals surface area contributed by atoms with E-state index in [1.165, 1.54) is 0 Å². The molecule has 5 nitrogen and oxygen atoms in total. The Labute approximate surface area is 126 Å². The number of amides is 2. The summed E-state index contributed by atoms with van der Waals surface area (Å²) in [6, 6.07) is 8.43. The Morgan fingerprint density at radius 2 is 2.05 bits per heavy atom. The number of urea groups is 1. The fraction of sp³-hybridized carbons (Fsp3) is 0.500. The van der Waals surface area contributed by atoms with Crippen molar-refractivity contribution in [3.8, 4) is 6.07 Å². The minimum Gasteiger partial charge on any atom is -0.394 e. The number of nitriles is 1. The molecule has 1 rings (SSSR count). The molecule has 0 heterocycles. The summed E-state index contributed by atoms with van der Waals surface area (Å²) < 4.78 is 0. The molecule has 1 aromatic rings. The molecule has 3 N–H and O–H groups in total. The summed E-state index contributed by atoms with van der Waals surface area (Å²) in [6.45, 7) is 5.85. The number of benzene rings is 1. The zero-order chi connectivity index (χ0) is 15.8. The second kappa shape index (κ2) is 8.28. The van der Waals surface area contributed by atoms with Crippen LogP contribution in [0.4, 0.5) is 4.79 Å². The number of aliphatic hydroxyl groups excluding tert-OH is 1. The minimum atomic E-state index is -0.315. The fourth-order valence-corrected chi connectivity index (χ4v) is 2.13. The van der Waals surface area contributed by atoms with Crippen LogP contribution in [-0.4, -0.2) is 23.8 Å². The maximum absolute atomic E-state index is 11.9. The van der Waals surface area contributed by atoms with Gasteiger partial charge in [-0.25, -0.2) is 4.79 Å². The van der Waals surface area contributed by atoms with E-state index in [2.05, 4.69) is 16.7 Å². The number of carbonyl (C=O) groups is 1. The van der Waals surface area contributed by atoms with E-state index >= 15 is 0 Å². The number of nitrogens with one attached hydrogen (secondary N) is 2. The highest BCUT2D eigenvalue weighted by atomic mass is 16.3. The second-order valence-electron chi connectivity index (χ2n) is 5.59. The average Bonchev–Trinajstić information content (AvgIpc) is 2.45. The molecule has 0 aliphatic rings. The van der Waals surface area contributed by atoms with E-state index in [1.54, 1.807) is 18.2 Å². The van der Waals surface area contributed by atoms with Gasteiger partial charge in [0.05, 0.1) is 30.3 Å². The van der Waals surface area contributed by atoms with Gasteiger partial charge in [0.25, 0.3) is 0 Å². The molecule has 0 aliphatic heterocycles. The molecule has 0 spiro atoms. The number of nitrogens with zero attached hydrogens (tertiary/aromatic N) is 1. The summed E-state index contributed by atoms with van der Waals surface area (Å²) in [6.07, 6.45) is 0.724. The monoisotopic (exact) mass is 289 g/mol. The van der Waals surface area contributed by atoms with E-state index in [9.17, 15) is 9.90 Å². The highest BCUT2D eigenvalue weighted by Crippen LogP contribution is 2.13. The summed E-state index contributed by atoms with van der Waals surface area (Å²) in [4.78, 5) is 11.9. The van der Waals surface area contributed by atoms with Crippen LogP contribution in [0.25, 0.3) is 0 Å². The van der Waals surface area contributed by atoms with Crippen molar-refractivity contribution in [1.82, 2.24) is 10.6 Å². The van der Waals surface area contributed by atoms with Crippen LogP contribution in [0.5, 0.6) is 0 Å². The van der Waals surface area contributed by atoms with E-state index in [-0.39, 0.29) is 24.7 Å². The lowest BCUT2D eigenvalue weighted by Gasteiger charge is -2.21. The normalized spacial score (nSPS) is 13.3. The third-order valence-electron chi connectivity index (χ3n) is 3.17. The molecule has 0 saturated carbocycles. The molecule has 0 radical (unpaired) electrons. The van der Waals surface area contributed by atoms with Gasteiger partial charge in [0.2, 0.25) is 0 Å². The molecular weight excluding hydrogens is 266 g/mol. The van der Waals surface area contributed by atoms with Crippen LogP contribution in [0, 0.1) is 17.2 Å². The number of carbonyl (C=O) groups excluding carboxylic acids is 1. The van der Waals surface area contributed by atoms with Gasteiger partial charge < -0.3 is 15.7 Å². The molecule has 2 atom stereocenters. The molecule has 0 aliphatic carbocycles. The van der Waals surface area contributed by atoms with Crippen molar-refractivity contribution in [3.05, 3.63) is 35.4 Å². The van der Waals surface area contributed by atoms with Gasteiger partial charge in [-0.05, 0) is 37.0 Å². The van der Waals surface area contributed by atoms with Gasteiger partial charge in [-0.2, -0.15) is 5.26 Å². The zero-order valence-corrected chi connectivity index (χ0v) is 12.8. The van der Waals surface area contributed by atoms with Crippen molar-refractivity contribution in [2.75, 3.05) is 6.61 Å². The molecule has 114 valence electrons. The Bertz CT molecular complexity index is 508. The Morgan fingerprint density at radius 1 is 1.33 bits per heavy atom. The molecule has 21 heavy (non-hydrogen) atoms. The lowest BCUT2D eigenvalue weighted by Crippen LogP contribution is -2.45. The third kappa shape index (κ3) is 5.84. The third-order valence-corrected chi connectivity index (χ3v) is 3.17. The molecule has 0 aromatic heterocycles. The quantitative estimate of drug-likeness (QED) is 0.751. The first-order valence-electron chi connectivity index (χ1n) is 7.14. The molecule has 5 heteroatoms. The number of aliphatic hydroxyl groups is 1. The van der Waals surface area contributed by atoms with Crippen LogP contribution in [-0.2, 0) is 0 Å². The van der Waals surface area contributed by atoms with Gasteiger partial charge in [0.1, 0.15) is 0 Å². The smallest absolute Gasteiger partial charge is 0.315 e. The van der Waals surface area contributed by atoms with E-state index < -0.39 is 0 Å². The summed E-state index contributed by atoms with van der Waals surface area (Å²) >= 11 is 0. The highest BCUT2D eigenvalue weighted by Gasteiger charge is 2.15. The molecule has 0 unspecified atom stereocenters. The first kappa shape index (κ1) is 17.0. The Kier molecular flexibility index (Phi) is 6.70. The van der Waals surface area contributed by atoms with Crippen LogP contribution >= 0.6 is 0 Å². The van der Waals surface area contributed by atoms with Gasteiger partial charge in [-0.3, -0.25) is 0 Å². The van der Waals surface area contributed by atoms with Crippen molar-refractivity contribution in [2.45, 2.75) is 39.3 Å². The molecule has 1 aromatic carbocycles. The predicted octanol–water partition coefficient (Wildman–Crippen LogP) is 2.33. The molecule has 0 saturated heterocycles.